The summed E-state index contributed by atoms with van der Waals surface area (Å²) in [6, 6.07) is 3.83. The number of hydrogen-bond donors (Lipinski definition) is 1. The Hall–Kier alpha value is -1.23. The van der Waals surface area contributed by atoms with Gasteiger partial charge in [0.1, 0.15) is 5.69 Å². The molecular formula is C10H11BrN4. The van der Waals surface area contributed by atoms with Crippen molar-refractivity contribution in [2.24, 2.45) is 0 Å². The number of halogens is 1. The zero-order valence-corrected chi connectivity index (χ0v) is 10.1. The van der Waals surface area contributed by atoms with Crippen LogP contribution in [0.15, 0.2) is 22.8 Å². The fourth-order valence-corrected chi connectivity index (χ4v) is 1.40. The third-order valence-corrected chi connectivity index (χ3v) is 2.46. The summed E-state index contributed by atoms with van der Waals surface area (Å²) in [6.45, 7) is 4.12. The van der Waals surface area contributed by atoms with Crippen molar-refractivity contribution in [1.82, 2.24) is 20.2 Å². The quantitative estimate of drug-likeness (QED) is 0.910. The van der Waals surface area contributed by atoms with Crippen LogP contribution >= 0.6 is 15.9 Å². The van der Waals surface area contributed by atoms with Crippen molar-refractivity contribution in [1.29, 1.82) is 0 Å². The lowest BCUT2D eigenvalue weighted by molar-refractivity contribution is 0.781. The van der Waals surface area contributed by atoms with E-state index in [1.165, 1.54) is 0 Å². The van der Waals surface area contributed by atoms with E-state index in [1.54, 1.807) is 6.20 Å². The van der Waals surface area contributed by atoms with Crippen molar-refractivity contribution >= 4 is 15.9 Å². The Bertz CT molecular complexity index is 447. The number of aromatic amines is 1. The van der Waals surface area contributed by atoms with Gasteiger partial charge in [-0.15, -0.1) is 0 Å². The molecule has 0 bridgehead atoms. The molecule has 0 amide bonds. The summed E-state index contributed by atoms with van der Waals surface area (Å²) in [5.74, 6) is 1.85. The SMILES string of the molecule is CC(C)c1n[nH]c(-c2ccc(Br)cn2)n1. The Morgan fingerprint density at radius 1 is 1.33 bits per heavy atom. The summed E-state index contributed by atoms with van der Waals surface area (Å²) in [5, 5.41) is 7.01. The predicted octanol–water partition coefficient (Wildman–Crippen LogP) is 2.75. The van der Waals surface area contributed by atoms with Crippen LogP contribution < -0.4 is 0 Å². The molecule has 4 nitrogen and oxygen atoms in total. The lowest BCUT2D eigenvalue weighted by atomic mass is 10.2. The van der Waals surface area contributed by atoms with E-state index in [0.717, 1.165) is 16.0 Å². The van der Waals surface area contributed by atoms with Gasteiger partial charge in [0.15, 0.2) is 11.6 Å². The Morgan fingerprint density at radius 2 is 2.13 bits per heavy atom. The number of nitrogens with one attached hydrogen (secondary N) is 1. The highest BCUT2D eigenvalue weighted by atomic mass is 79.9. The molecule has 1 N–H and O–H groups in total. The molecule has 78 valence electrons. The molecule has 0 atom stereocenters. The van der Waals surface area contributed by atoms with Gasteiger partial charge in [-0.2, -0.15) is 5.10 Å². The van der Waals surface area contributed by atoms with Gasteiger partial charge in [-0.05, 0) is 28.1 Å². The van der Waals surface area contributed by atoms with Gasteiger partial charge in [-0.1, -0.05) is 13.8 Å². The van der Waals surface area contributed by atoms with Gasteiger partial charge < -0.3 is 0 Å². The molecule has 0 saturated carbocycles. The summed E-state index contributed by atoms with van der Waals surface area (Å²) in [4.78, 5) is 8.61. The molecule has 0 aromatic carbocycles. The van der Waals surface area contributed by atoms with E-state index >= 15 is 0 Å². The van der Waals surface area contributed by atoms with E-state index in [1.807, 2.05) is 12.1 Å². The van der Waals surface area contributed by atoms with Crippen molar-refractivity contribution in [2.45, 2.75) is 19.8 Å². The van der Waals surface area contributed by atoms with Crippen LogP contribution in [-0.2, 0) is 0 Å². The molecule has 0 unspecified atom stereocenters. The maximum Gasteiger partial charge on any atom is 0.174 e. The normalized spacial score (nSPS) is 10.9. The van der Waals surface area contributed by atoms with Crippen molar-refractivity contribution < 1.29 is 0 Å². The zero-order valence-electron chi connectivity index (χ0n) is 8.53. The minimum Gasteiger partial charge on any atom is -0.258 e. The maximum absolute atomic E-state index is 4.37. The lowest BCUT2D eigenvalue weighted by Crippen LogP contribution is -1.89. The summed E-state index contributed by atoms with van der Waals surface area (Å²) in [5.41, 5.74) is 0.803. The van der Waals surface area contributed by atoms with Crippen molar-refractivity contribution in [2.75, 3.05) is 0 Å². The summed E-state index contributed by atoms with van der Waals surface area (Å²) < 4.78 is 0.954. The van der Waals surface area contributed by atoms with E-state index in [0.29, 0.717) is 11.7 Å². The van der Waals surface area contributed by atoms with Crippen LogP contribution in [0.2, 0.25) is 0 Å². The highest BCUT2D eigenvalue weighted by Gasteiger charge is 2.08. The van der Waals surface area contributed by atoms with Crippen LogP contribution in [-0.4, -0.2) is 20.2 Å². The van der Waals surface area contributed by atoms with E-state index in [2.05, 4.69) is 49.9 Å². The highest BCUT2D eigenvalue weighted by molar-refractivity contribution is 9.10. The average Bonchev–Trinajstić information content (AvgIpc) is 2.68. The fourth-order valence-electron chi connectivity index (χ4n) is 1.16. The van der Waals surface area contributed by atoms with E-state index in [4.69, 9.17) is 0 Å². The third kappa shape index (κ3) is 2.23. The Balaban J connectivity index is 2.33. The van der Waals surface area contributed by atoms with Gasteiger partial charge in [0.05, 0.1) is 0 Å². The van der Waals surface area contributed by atoms with Crippen molar-refractivity contribution in [3.63, 3.8) is 0 Å². The summed E-state index contributed by atoms with van der Waals surface area (Å²) >= 11 is 3.34. The minimum absolute atomic E-state index is 0.324. The Morgan fingerprint density at radius 3 is 2.67 bits per heavy atom. The van der Waals surface area contributed by atoms with E-state index in [-0.39, 0.29) is 0 Å². The van der Waals surface area contributed by atoms with Gasteiger partial charge in [0, 0.05) is 16.6 Å². The molecule has 2 rings (SSSR count). The van der Waals surface area contributed by atoms with Gasteiger partial charge in [-0.25, -0.2) is 4.98 Å². The molecule has 0 spiro atoms. The highest BCUT2D eigenvalue weighted by Crippen LogP contribution is 2.17. The van der Waals surface area contributed by atoms with Gasteiger partial charge in [0.25, 0.3) is 0 Å². The standard InChI is InChI=1S/C10H11BrN4/c1-6(2)9-13-10(15-14-9)8-4-3-7(11)5-12-8/h3-6H,1-2H3,(H,13,14,15). The fraction of sp³-hybridized carbons (Fsp3) is 0.300. The second kappa shape index (κ2) is 4.10. The first kappa shape index (κ1) is 10.3. The number of pyridine rings is 1. The van der Waals surface area contributed by atoms with Crippen LogP contribution in [0.4, 0.5) is 0 Å². The molecule has 0 aliphatic carbocycles. The second-order valence-corrected chi connectivity index (χ2v) is 4.47. The molecule has 15 heavy (non-hydrogen) atoms. The lowest BCUT2D eigenvalue weighted by Gasteiger charge is -1.95. The Labute approximate surface area is 96.3 Å². The first-order valence-electron chi connectivity index (χ1n) is 4.71. The molecule has 2 aromatic heterocycles. The molecule has 0 saturated heterocycles. The zero-order chi connectivity index (χ0) is 10.8. The Kier molecular flexibility index (Phi) is 2.81. The molecular weight excluding hydrogens is 256 g/mol. The molecule has 2 aromatic rings. The number of hydrogen-bond acceptors (Lipinski definition) is 3. The smallest absolute Gasteiger partial charge is 0.174 e. The number of H-pyrrole nitrogens is 1. The second-order valence-electron chi connectivity index (χ2n) is 3.56. The average molecular weight is 267 g/mol. The third-order valence-electron chi connectivity index (χ3n) is 1.99. The summed E-state index contributed by atoms with van der Waals surface area (Å²) in [7, 11) is 0. The number of aromatic nitrogens is 4. The predicted molar refractivity (Wildman–Crippen MR) is 61.4 cm³/mol. The maximum atomic E-state index is 4.37. The van der Waals surface area contributed by atoms with Crippen molar-refractivity contribution in [3.05, 3.63) is 28.6 Å². The first-order chi connectivity index (χ1) is 7.16. The molecule has 0 radical (unpaired) electrons. The van der Waals surface area contributed by atoms with Gasteiger partial charge in [0.2, 0.25) is 0 Å². The van der Waals surface area contributed by atoms with Gasteiger partial charge in [-0.3, -0.25) is 10.1 Å². The largest absolute Gasteiger partial charge is 0.258 e. The van der Waals surface area contributed by atoms with Crippen LogP contribution in [0.1, 0.15) is 25.6 Å². The van der Waals surface area contributed by atoms with Crippen LogP contribution in [0.5, 0.6) is 0 Å². The molecule has 5 heteroatoms. The minimum atomic E-state index is 0.324. The number of rotatable bonds is 2. The van der Waals surface area contributed by atoms with Crippen LogP contribution in [0.25, 0.3) is 11.5 Å². The van der Waals surface area contributed by atoms with E-state index in [9.17, 15) is 0 Å². The van der Waals surface area contributed by atoms with Crippen molar-refractivity contribution in [3.8, 4) is 11.5 Å². The van der Waals surface area contributed by atoms with E-state index < -0.39 is 0 Å². The summed E-state index contributed by atoms with van der Waals surface area (Å²) in [6.07, 6.45) is 1.74. The topological polar surface area (TPSA) is 54.5 Å². The van der Waals surface area contributed by atoms with Crippen LogP contribution in [0.3, 0.4) is 0 Å². The molecule has 2 heterocycles. The number of nitrogens with zero attached hydrogens (tertiary/aromatic N) is 3. The van der Waals surface area contributed by atoms with Gasteiger partial charge >= 0.3 is 0 Å². The molecule has 0 fully saturated rings. The monoisotopic (exact) mass is 266 g/mol. The molecule has 0 aliphatic heterocycles. The molecule has 0 aliphatic rings. The van der Waals surface area contributed by atoms with Crippen LogP contribution in [0, 0.1) is 0 Å². The first-order valence-corrected chi connectivity index (χ1v) is 5.50.